The largest absolute Gasteiger partial charge is 0.461 e. The number of nitrogens with zero attached hydrogens (tertiary/aromatic N) is 1. The van der Waals surface area contributed by atoms with Gasteiger partial charge in [-0.05, 0) is 48.8 Å². The summed E-state index contributed by atoms with van der Waals surface area (Å²) < 4.78 is 5.83. The zero-order valence-corrected chi connectivity index (χ0v) is 14.5. The Morgan fingerprint density at radius 1 is 1.33 bits per heavy atom. The molecular formula is C18H15ClN2O2S. The van der Waals surface area contributed by atoms with E-state index in [1.807, 2.05) is 24.3 Å². The van der Waals surface area contributed by atoms with E-state index in [1.54, 1.807) is 18.2 Å². The first-order valence-corrected chi connectivity index (χ1v) is 8.54. The minimum atomic E-state index is -0.245. The molecule has 2 atom stereocenters. The summed E-state index contributed by atoms with van der Waals surface area (Å²) in [5, 5.41) is 3.72. The molecule has 6 heteroatoms. The predicted molar refractivity (Wildman–Crippen MR) is 97.9 cm³/mol. The molecule has 1 saturated heterocycles. The van der Waals surface area contributed by atoms with Crippen molar-refractivity contribution in [3.63, 3.8) is 0 Å². The fourth-order valence-electron chi connectivity index (χ4n) is 2.89. The van der Waals surface area contributed by atoms with Gasteiger partial charge in [-0.15, -0.1) is 0 Å². The maximum atomic E-state index is 12.7. The summed E-state index contributed by atoms with van der Waals surface area (Å²) >= 11 is 11.5. The van der Waals surface area contributed by atoms with E-state index in [0.717, 1.165) is 12.2 Å². The molecule has 0 spiro atoms. The number of furan rings is 1. The molecule has 2 aromatic rings. The number of amides is 1. The van der Waals surface area contributed by atoms with Gasteiger partial charge in [0.1, 0.15) is 17.2 Å². The standard InChI is InChI=1S/C18H15ClN2O2S/c1-10-8-12(10)16-7-6-11(23-16)9-14-17(22)21(18(24)20-14)15-5-3-2-4-13(15)19/h2-7,9-10,12H,8H2,1H3,(H,20,24)/b14-9-/t10-,12-/m0/s1. The lowest BCUT2D eigenvalue weighted by atomic mass is 10.2. The fraction of sp³-hybridized carbons (Fsp3) is 0.222. The molecular weight excluding hydrogens is 344 g/mol. The van der Waals surface area contributed by atoms with E-state index >= 15 is 0 Å². The van der Waals surface area contributed by atoms with Crippen molar-refractivity contribution < 1.29 is 9.21 Å². The van der Waals surface area contributed by atoms with Crippen LogP contribution in [0.2, 0.25) is 5.02 Å². The molecule has 1 aliphatic carbocycles. The van der Waals surface area contributed by atoms with E-state index in [9.17, 15) is 4.79 Å². The Labute approximate surface area is 150 Å². The number of nitrogens with one attached hydrogen (secondary N) is 1. The molecule has 1 saturated carbocycles. The van der Waals surface area contributed by atoms with E-state index in [0.29, 0.717) is 39.1 Å². The molecule has 2 heterocycles. The predicted octanol–water partition coefficient (Wildman–Crippen LogP) is 4.32. The summed E-state index contributed by atoms with van der Waals surface area (Å²) in [7, 11) is 0. The molecule has 0 radical (unpaired) electrons. The Balaban J connectivity index is 1.61. The van der Waals surface area contributed by atoms with Crippen LogP contribution in [0, 0.1) is 5.92 Å². The van der Waals surface area contributed by atoms with Crippen LogP contribution in [0.1, 0.15) is 30.8 Å². The maximum Gasteiger partial charge on any atom is 0.281 e. The Bertz CT molecular complexity index is 873. The minimum Gasteiger partial charge on any atom is -0.461 e. The molecule has 0 unspecified atom stereocenters. The van der Waals surface area contributed by atoms with Gasteiger partial charge >= 0.3 is 0 Å². The minimum absolute atomic E-state index is 0.245. The number of para-hydroxylation sites is 1. The molecule has 4 nitrogen and oxygen atoms in total. The number of thiocarbonyl (C=S) groups is 1. The average Bonchev–Trinajstić information content (AvgIpc) is 2.99. The number of rotatable bonds is 3. The number of anilines is 1. The smallest absolute Gasteiger partial charge is 0.281 e. The Hall–Kier alpha value is -2.11. The van der Waals surface area contributed by atoms with Crippen LogP contribution in [0.25, 0.3) is 6.08 Å². The van der Waals surface area contributed by atoms with Crippen molar-refractivity contribution in [3.8, 4) is 0 Å². The highest BCUT2D eigenvalue weighted by molar-refractivity contribution is 7.80. The van der Waals surface area contributed by atoms with Gasteiger partial charge in [0, 0.05) is 12.0 Å². The third-order valence-electron chi connectivity index (χ3n) is 4.38. The highest BCUT2D eigenvalue weighted by atomic mass is 35.5. The average molecular weight is 359 g/mol. The lowest BCUT2D eigenvalue weighted by Gasteiger charge is -2.15. The van der Waals surface area contributed by atoms with E-state index in [2.05, 4.69) is 12.2 Å². The summed E-state index contributed by atoms with van der Waals surface area (Å²) in [6, 6.07) is 11.0. The number of hydrogen-bond donors (Lipinski definition) is 1. The quantitative estimate of drug-likeness (QED) is 0.655. The van der Waals surface area contributed by atoms with Gasteiger partial charge in [-0.1, -0.05) is 30.7 Å². The Morgan fingerprint density at radius 2 is 2.08 bits per heavy atom. The van der Waals surface area contributed by atoms with Crippen molar-refractivity contribution in [2.75, 3.05) is 4.90 Å². The first-order valence-electron chi connectivity index (χ1n) is 7.76. The lowest BCUT2D eigenvalue weighted by molar-refractivity contribution is -0.113. The van der Waals surface area contributed by atoms with Crippen molar-refractivity contribution in [2.45, 2.75) is 19.3 Å². The molecule has 0 bridgehead atoms. The Morgan fingerprint density at radius 3 is 2.79 bits per heavy atom. The summed E-state index contributed by atoms with van der Waals surface area (Å²) in [6.07, 6.45) is 2.84. The van der Waals surface area contributed by atoms with Gasteiger partial charge in [0.2, 0.25) is 0 Å². The molecule has 24 heavy (non-hydrogen) atoms. The van der Waals surface area contributed by atoms with Gasteiger partial charge in [0.25, 0.3) is 5.91 Å². The lowest BCUT2D eigenvalue weighted by Crippen LogP contribution is -2.30. The van der Waals surface area contributed by atoms with Gasteiger partial charge in [-0.25, -0.2) is 0 Å². The van der Waals surface area contributed by atoms with Gasteiger partial charge in [0.05, 0.1) is 10.7 Å². The molecule has 4 rings (SSSR count). The van der Waals surface area contributed by atoms with E-state index < -0.39 is 0 Å². The zero-order chi connectivity index (χ0) is 16.8. The summed E-state index contributed by atoms with van der Waals surface area (Å²) in [4.78, 5) is 14.1. The number of benzene rings is 1. The second-order valence-electron chi connectivity index (χ2n) is 6.14. The van der Waals surface area contributed by atoms with Crippen LogP contribution < -0.4 is 10.2 Å². The maximum absolute atomic E-state index is 12.7. The molecule has 122 valence electrons. The van der Waals surface area contributed by atoms with Crippen LogP contribution >= 0.6 is 23.8 Å². The number of halogens is 1. The van der Waals surface area contributed by atoms with Gasteiger partial charge in [-0.2, -0.15) is 0 Å². The zero-order valence-electron chi connectivity index (χ0n) is 13.0. The van der Waals surface area contributed by atoms with Crippen LogP contribution in [0.15, 0.2) is 46.5 Å². The van der Waals surface area contributed by atoms with Crippen molar-refractivity contribution in [1.82, 2.24) is 5.32 Å². The molecule has 2 aliphatic rings. The molecule has 1 N–H and O–H groups in total. The first kappa shape index (κ1) is 15.4. The number of carbonyl (C=O) groups is 1. The molecule has 2 fully saturated rings. The highest BCUT2D eigenvalue weighted by Gasteiger charge is 2.37. The molecule has 1 aromatic carbocycles. The van der Waals surface area contributed by atoms with Crippen molar-refractivity contribution in [1.29, 1.82) is 0 Å². The normalized spacial score (nSPS) is 24.6. The van der Waals surface area contributed by atoms with Gasteiger partial charge in [0.15, 0.2) is 5.11 Å². The van der Waals surface area contributed by atoms with Crippen LogP contribution in [-0.2, 0) is 4.79 Å². The fourth-order valence-corrected chi connectivity index (χ4v) is 3.40. The van der Waals surface area contributed by atoms with Crippen LogP contribution in [0.3, 0.4) is 0 Å². The van der Waals surface area contributed by atoms with Gasteiger partial charge in [-0.3, -0.25) is 9.69 Å². The van der Waals surface area contributed by atoms with Crippen molar-refractivity contribution >= 4 is 46.6 Å². The Kier molecular flexibility index (Phi) is 3.70. The highest BCUT2D eigenvalue weighted by Crippen LogP contribution is 2.47. The third kappa shape index (κ3) is 2.64. The van der Waals surface area contributed by atoms with Crippen molar-refractivity contribution in [3.05, 3.63) is 58.6 Å². The number of carbonyl (C=O) groups excluding carboxylic acids is 1. The van der Waals surface area contributed by atoms with E-state index in [1.165, 1.54) is 4.90 Å². The molecule has 1 amide bonds. The second kappa shape index (κ2) is 5.76. The molecule has 1 aliphatic heterocycles. The summed E-state index contributed by atoms with van der Waals surface area (Å²) in [6.45, 7) is 2.20. The second-order valence-corrected chi connectivity index (χ2v) is 6.93. The van der Waals surface area contributed by atoms with E-state index in [-0.39, 0.29) is 5.91 Å². The van der Waals surface area contributed by atoms with Crippen LogP contribution in [0.5, 0.6) is 0 Å². The number of hydrogen-bond acceptors (Lipinski definition) is 3. The van der Waals surface area contributed by atoms with Gasteiger partial charge < -0.3 is 9.73 Å². The topological polar surface area (TPSA) is 45.5 Å². The van der Waals surface area contributed by atoms with Crippen LogP contribution in [0.4, 0.5) is 5.69 Å². The first-order chi connectivity index (χ1) is 11.5. The van der Waals surface area contributed by atoms with Crippen LogP contribution in [-0.4, -0.2) is 11.0 Å². The van der Waals surface area contributed by atoms with Crippen molar-refractivity contribution in [2.24, 2.45) is 5.92 Å². The summed E-state index contributed by atoms with van der Waals surface area (Å²) in [5.41, 5.74) is 0.946. The SMILES string of the molecule is C[C@H]1C[C@@H]1c1ccc(/C=C2\NC(=S)N(c3ccccc3Cl)C2=O)o1. The monoisotopic (exact) mass is 358 g/mol. The molecule has 1 aromatic heterocycles. The third-order valence-corrected chi connectivity index (χ3v) is 4.98. The van der Waals surface area contributed by atoms with E-state index in [4.69, 9.17) is 28.2 Å². The summed E-state index contributed by atoms with van der Waals surface area (Å²) in [5.74, 6) is 2.55.